The van der Waals surface area contributed by atoms with Gasteiger partial charge in [-0.1, -0.05) is 5.16 Å². The van der Waals surface area contributed by atoms with E-state index < -0.39 is 30.0 Å². The standard InChI is InChI=1S/C17H20BFN2O4/c1-10-8-13(19)11(15(22)20-14-6-7-23-21-14)9-12(10)18-24-16(2,3)17(4,5)25-18/h6-9H,1-5H3,(H,20,21,22). The average Bonchev–Trinajstić information content (AvgIpc) is 3.05. The molecular formula is C17H20BFN2O4. The molecule has 0 radical (unpaired) electrons. The number of benzene rings is 1. The van der Waals surface area contributed by atoms with Gasteiger partial charge in [-0.25, -0.2) is 4.39 Å². The Balaban J connectivity index is 1.93. The summed E-state index contributed by atoms with van der Waals surface area (Å²) < 4.78 is 31.0. The fourth-order valence-corrected chi connectivity index (χ4v) is 2.55. The molecule has 25 heavy (non-hydrogen) atoms. The molecule has 132 valence electrons. The molecule has 1 aromatic carbocycles. The summed E-state index contributed by atoms with van der Waals surface area (Å²) in [4.78, 5) is 12.4. The molecule has 1 amide bonds. The van der Waals surface area contributed by atoms with E-state index in [1.165, 1.54) is 24.5 Å². The zero-order chi connectivity index (χ0) is 18.4. The normalized spacial score (nSPS) is 18.4. The lowest BCUT2D eigenvalue weighted by Gasteiger charge is -2.32. The Hall–Kier alpha value is -2.19. The van der Waals surface area contributed by atoms with Gasteiger partial charge in [-0.05, 0) is 57.8 Å². The van der Waals surface area contributed by atoms with Crippen molar-refractivity contribution in [1.29, 1.82) is 0 Å². The molecule has 1 N–H and O–H groups in total. The highest BCUT2D eigenvalue weighted by Gasteiger charge is 2.52. The molecule has 1 saturated heterocycles. The van der Waals surface area contributed by atoms with Crippen LogP contribution in [0.5, 0.6) is 0 Å². The summed E-state index contributed by atoms with van der Waals surface area (Å²) in [5, 5.41) is 6.07. The Morgan fingerprint density at radius 1 is 1.20 bits per heavy atom. The van der Waals surface area contributed by atoms with Crippen molar-refractivity contribution in [3.8, 4) is 0 Å². The predicted octanol–water partition coefficient (Wildman–Crippen LogP) is 2.67. The smallest absolute Gasteiger partial charge is 0.399 e. The van der Waals surface area contributed by atoms with E-state index in [-0.39, 0.29) is 11.4 Å². The first-order valence-electron chi connectivity index (χ1n) is 7.98. The monoisotopic (exact) mass is 346 g/mol. The van der Waals surface area contributed by atoms with Crippen LogP contribution in [0, 0.1) is 12.7 Å². The Bertz CT molecular complexity index is 789. The van der Waals surface area contributed by atoms with Crippen molar-refractivity contribution in [3.63, 3.8) is 0 Å². The zero-order valence-electron chi connectivity index (χ0n) is 14.8. The highest BCUT2D eigenvalue weighted by Crippen LogP contribution is 2.36. The minimum atomic E-state index is -0.677. The molecule has 2 heterocycles. The first-order valence-corrected chi connectivity index (χ1v) is 7.98. The lowest BCUT2D eigenvalue weighted by Crippen LogP contribution is -2.41. The van der Waals surface area contributed by atoms with Crippen LogP contribution < -0.4 is 10.8 Å². The zero-order valence-corrected chi connectivity index (χ0v) is 14.8. The highest BCUT2D eigenvalue weighted by molar-refractivity contribution is 6.62. The maximum absolute atomic E-state index is 14.3. The minimum absolute atomic E-state index is 0.113. The molecule has 1 aliphatic rings. The van der Waals surface area contributed by atoms with Crippen molar-refractivity contribution in [2.45, 2.75) is 45.8 Å². The lowest BCUT2D eigenvalue weighted by atomic mass is 9.75. The van der Waals surface area contributed by atoms with Gasteiger partial charge in [0.15, 0.2) is 5.82 Å². The van der Waals surface area contributed by atoms with E-state index in [0.717, 1.165) is 0 Å². The number of amides is 1. The van der Waals surface area contributed by atoms with E-state index in [0.29, 0.717) is 11.0 Å². The number of anilines is 1. The summed E-state index contributed by atoms with van der Waals surface area (Å²) >= 11 is 0. The van der Waals surface area contributed by atoms with E-state index in [9.17, 15) is 9.18 Å². The first-order chi connectivity index (χ1) is 11.6. The summed E-state index contributed by atoms with van der Waals surface area (Å²) in [6.45, 7) is 9.49. The van der Waals surface area contributed by atoms with E-state index in [1.807, 2.05) is 27.7 Å². The summed E-state index contributed by atoms with van der Waals surface area (Å²) in [5.41, 5.74) is 0.0983. The number of hydrogen-bond acceptors (Lipinski definition) is 5. The number of carbonyl (C=O) groups excluding carboxylic acids is 1. The van der Waals surface area contributed by atoms with Crippen LogP contribution in [0.4, 0.5) is 10.2 Å². The quantitative estimate of drug-likeness (QED) is 0.865. The van der Waals surface area contributed by atoms with Crippen LogP contribution in [0.2, 0.25) is 0 Å². The molecule has 0 unspecified atom stereocenters. The molecule has 3 rings (SSSR count). The molecule has 0 spiro atoms. The van der Waals surface area contributed by atoms with E-state index in [2.05, 4.69) is 15.0 Å². The third kappa shape index (κ3) is 3.19. The average molecular weight is 346 g/mol. The van der Waals surface area contributed by atoms with E-state index >= 15 is 0 Å². The Labute approximate surface area is 145 Å². The molecule has 2 aromatic rings. The maximum atomic E-state index is 14.3. The van der Waals surface area contributed by atoms with Gasteiger partial charge < -0.3 is 19.1 Å². The van der Waals surface area contributed by atoms with E-state index in [4.69, 9.17) is 9.31 Å². The SMILES string of the molecule is Cc1cc(F)c(C(=O)Nc2ccon2)cc1B1OC(C)(C)C(C)(C)O1. The Kier molecular flexibility index (Phi) is 4.21. The van der Waals surface area contributed by atoms with Gasteiger partial charge in [0.25, 0.3) is 5.91 Å². The van der Waals surface area contributed by atoms with Gasteiger partial charge in [0.2, 0.25) is 0 Å². The first kappa shape index (κ1) is 17.6. The van der Waals surface area contributed by atoms with Gasteiger partial charge in [0.1, 0.15) is 12.1 Å². The van der Waals surface area contributed by atoms with Crippen molar-refractivity contribution in [2.24, 2.45) is 0 Å². The number of hydrogen-bond donors (Lipinski definition) is 1. The van der Waals surface area contributed by atoms with Gasteiger partial charge in [-0.3, -0.25) is 4.79 Å². The summed E-state index contributed by atoms with van der Waals surface area (Å²) in [7, 11) is -0.677. The number of nitrogens with zero attached hydrogens (tertiary/aromatic N) is 1. The second-order valence-electron chi connectivity index (χ2n) is 7.12. The van der Waals surface area contributed by atoms with Crippen molar-refractivity contribution >= 4 is 24.3 Å². The number of carbonyl (C=O) groups is 1. The van der Waals surface area contributed by atoms with Crippen LogP contribution in [-0.4, -0.2) is 29.4 Å². The van der Waals surface area contributed by atoms with Crippen molar-refractivity contribution in [2.75, 3.05) is 5.32 Å². The second-order valence-corrected chi connectivity index (χ2v) is 7.12. The highest BCUT2D eigenvalue weighted by atomic mass is 19.1. The van der Waals surface area contributed by atoms with Crippen LogP contribution in [0.3, 0.4) is 0 Å². The van der Waals surface area contributed by atoms with Gasteiger partial charge in [-0.15, -0.1) is 0 Å². The van der Waals surface area contributed by atoms with Gasteiger partial charge in [0.05, 0.1) is 16.8 Å². The third-order valence-electron chi connectivity index (χ3n) is 4.79. The predicted molar refractivity (Wildman–Crippen MR) is 91.3 cm³/mol. The largest absolute Gasteiger partial charge is 0.495 e. The summed E-state index contributed by atoms with van der Waals surface area (Å²) in [5.74, 6) is -1.04. The van der Waals surface area contributed by atoms with Crippen molar-refractivity contribution < 1.29 is 23.0 Å². The van der Waals surface area contributed by atoms with Crippen LogP contribution in [-0.2, 0) is 9.31 Å². The number of rotatable bonds is 3. The molecule has 1 aromatic heterocycles. The topological polar surface area (TPSA) is 73.6 Å². The minimum Gasteiger partial charge on any atom is -0.399 e. The maximum Gasteiger partial charge on any atom is 0.495 e. The van der Waals surface area contributed by atoms with Crippen LogP contribution in [0.25, 0.3) is 0 Å². The van der Waals surface area contributed by atoms with Gasteiger partial charge in [0, 0.05) is 6.07 Å². The fourth-order valence-electron chi connectivity index (χ4n) is 2.55. The Morgan fingerprint density at radius 2 is 1.84 bits per heavy atom. The fraction of sp³-hybridized carbons (Fsp3) is 0.412. The Morgan fingerprint density at radius 3 is 2.40 bits per heavy atom. The molecule has 0 atom stereocenters. The van der Waals surface area contributed by atoms with Crippen LogP contribution in [0.1, 0.15) is 43.6 Å². The van der Waals surface area contributed by atoms with Crippen molar-refractivity contribution in [3.05, 3.63) is 41.4 Å². The lowest BCUT2D eigenvalue weighted by molar-refractivity contribution is 0.00578. The third-order valence-corrected chi connectivity index (χ3v) is 4.79. The molecular weight excluding hydrogens is 326 g/mol. The second kappa shape index (κ2) is 5.96. The summed E-state index contributed by atoms with van der Waals surface area (Å²) in [6, 6.07) is 4.24. The van der Waals surface area contributed by atoms with Gasteiger partial charge >= 0.3 is 7.12 Å². The molecule has 1 fully saturated rings. The van der Waals surface area contributed by atoms with Crippen LogP contribution in [0.15, 0.2) is 29.0 Å². The van der Waals surface area contributed by atoms with Crippen LogP contribution >= 0.6 is 0 Å². The van der Waals surface area contributed by atoms with Gasteiger partial charge in [-0.2, -0.15) is 0 Å². The van der Waals surface area contributed by atoms with E-state index in [1.54, 1.807) is 6.92 Å². The molecule has 1 aliphatic heterocycles. The number of aryl methyl sites for hydroxylation is 1. The number of aromatic nitrogens is 1. The molecule has 0 saturated carbocycles. The number of nitrogens with one attached hydrogen (secondary N) is 1. The van der Waals surface area contributed by atoms with Crippen molar-refractivity contribution in [1.82, 2.24) is 5.16 Å². The molecule has 8 heteroatoms. The number of halogens is 1. The molecule has 6 nitrogen and oxygen atoms in total. The summed E-state index contributed by atoms with van der Waals surface area (Å²) in [6.07, 6.45) is 1.32. The molecule has 0 aliphatic carbocycles. The molecule has 0 bridgehead atoms.